The molecule has 0 rings (SSSR count). The number of carbonyl (C=O) groups excluding carboxylic acids is 1. The minimum atomic E-state index is -0.302. The Hall–Kier alpha value is -0.730. The maximum atomic E-state index is 11.3. The number of hydrogen-bond acceptors (Lipinski definition) is 2. The molecule has 0 heterocycles. The summed E-state index contributed by atoms with van der Waals surface area (Å²) in [6.07, 6.45) is 1.80. The SMILES string of the molecule is CC(C)(C)CCCNC(=O)OCC(C)(C)C. The number of alkyl carbamates (subject to hydrolysis) is 1. The first-order valence-corrected chi connectivity index (χ1v) is 6.01. The highest BCUT2D eigenvalue weighted by molar-refractivity contribution is 5.67. The van der Waals surface area contributed by atoms with Gasteiger partial charge in [0.1, 0.15) is 0 Å². The molecule has 0 aliphatic heterocycles. The Labute approximate surface area is 99.9 Å². The van der Waals surface area contributed by atoms with Crippen LogP contribution in [-0.2, 0) is 4.74 Å². The van der Waals surface area contributed by atoms with Crippen LogP contribution >= 0.6 is 0 Å². The van der Waals surface area contributed by atoms with E-state index in [4.69, 9.17) is 4.74 Å². The third kappa shape index (κ3) is 11.3. The minimum Gasteiger partial charge on any atom is -0.449 e. The van der Waals surface area contributed by atoms with Crippen molar-refractivity contribution in [3.05, 3.63) is 0 Å². The van der Waals surface area contributed by atoms with Crippen molar-refractivity contribution in [2.24, 2.45) is 10.8 Å². The predicted octanol–water partition coefficient (Wildman–Crippen LogP) is 3.59. The van der Waals surface area contributed by atoms with Gasteiger partial charge in [0.2, 0.25) is 0 Å². The summed E-state index contributed by atoms with van der Waals surface area (Å²) < 4.78 is 5.09. The van der Waals surface area contributed by atoms with Crippen molar-refractivity contribution in [2.75, 3.05) is 13.2 Å². The maximum Gasteiger partial charge on any atom is 0.407 e. The van der Waals surface area contributed by atoms with Crippen LogP contribution in [0.1, 0.15) is 54.4 Å². The van der Waals surface area contributed by atoms with E-state index >= 15 is 0 Å². The zero-order valence-corrected chi connectivity index (χ0v) is 11.6. The Kier molecular flexibility index (Phi) is 5.84. The van der Waals surface area contributed by atoms with Crippen LogP contribution in [0.2, 0.25) is 0 Å². The zero-order chi connectivity index (χ0) is 12.8. The normalized spacial score (nSPS) is 12.4. The van der Waals surface area contributed by atoms with Crippen LogP contribution in [0.4, 0.5) is 4.79 Å². The third-order valence-electron chi connectivity index (χ3n) is 2.01. The summed E-state index contributed by atoms with van der Waals surface area (Å²) in [5.74, 6) is 0. The lowest BCUT2D eigenvalue weighted by Crippen LogP contribution is -2.29. The number of amides is 1. The topological polar surface area (TPSA) is 38.3 Å². The smallest absolute Gasteiger partial charge is 0.407 e. The number of carbonyl (C=O) groups is 1. The molecule has 3 heteroatoms. The van der Waals surface area contributed by atoms with Gasteiger partial charge in [-0.3, -0.25) is 0 Å². The average Bonchev–Trinajstić information content (AvgIpc) is 2.06. The van der Waals surface area contributed by atoms with Gasteiger partial charge in [-0.05, 0) is 23.7 Å². The number of nitrogens with one attached hydrogen (secondary N) is 1. The van der Waals surface area contributed by atoms with Gasteiger partial charge in [-0.1, -0.05) is 41.5 Å². The molecule has 16 heavy (non-hydrogen) atoms. The quantitative estimate of drug-likeness (QED) is 0.748. The molecule has 0 aromatic carbocycles. The molecule has 0 saturated carbocycles. The fourth-order valence-electron chi connectivity index (χ4n) is 1.14. The van der Waals surface area contributed by atoms with Gasteiger partial charge < -0.3 is 10.1 Å². The second kappa shape index (κ2) is 6.12. The molecule has 96 valence electrons. The first kappa shape index (κ1) is 15.3. The molecule has 0 bridgehead atoms. The lowest BCUT2D eigenvalue weighted by Gasteiger charge is -2.19. The van der Waals surface area contributed by atoms with Crippen molar-refractivity contribution in [3.63, 3.8) is 0 Å². The molecular formula is C13H27NO2. The van der Waals surface area contributed by atoms with Crippen LogP contribution in [-0.4, -0.2) is 19.2 Å². The molecule has 0 aliphatic rings. The Morgan fingerprint density at radius 1 is 1.06 bits per heavy atom. The van der Waals surface area contributed by atoms with E-state index in [2.05, 4.69) is 26.1 Å². The summed E-state index contributed by atoms with van der Waals surface area (Å²) in [5.41, 5.74) is 0.361. The van der Waals surface area contributed by atoms with Crippen LogP contribution in [0, 0.1) is 10.8 Å². The molecule has 3 nitrogen and oxygen atoms in total. The van der Waals surface area contributed by atoms with Gasteiger partial charge in [0.25, 0.3) is 0 Å². The van der Waals surface area contributed by atoms with E-state index in [0.29, 0.717) is 18.6 Å². The Bertz CT molecular complexity index is 211. The fourth-order valence-corrected chi connectivity index (χ4v) is 1.14. The molecule has 0 atom stereocenters. The molecule has 1 N–H and O–H groups in total. The van der Waals surface area contributed by atoms with E-state index in [1.807, 2.05) is 20.8 Å². The first-order chi connectivity index (χ1) is 7.10. The van der Waals surface area contributed by atoms with Crippen LogP contribution in [0.5, 0.6) is 0 Å². The zero-order valence-electron chi connectivity index (χ0n) is 11.6. The standard InChI is InChI=1S/C13H27NO2/c1-12(2,3)8-7-9-14-11(15)16-10-13(4,5)6/h7-10H2,1-6H3,(H,14,15). The summed E-state index contributed by atoms with van der Waals surface area (Å²) in [5, 5.41) is 2.77. The molecule has 0 aromatic heterocycles. The lowest BCUT2D eigenvalue weighted by molar-refractivity contribution is 0.106. The maximum absolute atomic E-state index is 11.3. The number of hydrogen-bond donors (Lipinski definition) is 1. The van der Waals surface area contributed by atoms with Crippen molar-refractivity contribution < 1.29 is 9.53 Å². The lowest BCUT2D eigenvalue weighted by atomic mass is 9.91. The second-order valence-corrected chi connectivity index (χ2v) is 6.73. The van der Waals surface area contributed by atoms with Crippen LogP contribution in [0.3, 0.4) is 0 Å². The molecule has 0 radical (unpaired) electrons. The van der Waals surface area contributed by atoms with Gasteiger partial charge in [0.15, 0.2) is 0 Å². The van der Waals surface area contributed by atoms with Gasteiger partial charge in [0.05, 0.1) is 6.61 Å². The second-order valence-electron chi connectivity index (χ2n) is 6.73. The van der Waals surface area contributed by atoms with Crippen molar-refractivity contribution >= 4 is 6.09 Å². The molecule has 0 fully saturated rings. The summed E-state index contributed by atoms with van der Waals surface area (Å²) in [6.45, 7) is 13.9. The monoisotopic (exact) mass is 229 g/mol. The highest BCUT2D eigenvalue weighted by Crippen LogP contribution is 2.19. The predicted molar refractivity (Wildman–Crippen MR) is 67.5 cm³/mol. The Balaban J connectivity index is 3.52. The van der Waals surface area contributed by atoms with Crippen molar-refractivity contribution in [1.29, 1.82) is 0 Å². The minimum absolute atomic E-state index is 0.0305. The average molecular weight is 229 g/mol. The van der Waals surface area contributed by atoms with Gasteiger partial charge in [-0.15, -0.1) is 0 Å². The van der Waals surface area contributed by atoms with E-state index in [-0.39, 0.29) is 11.5 Å². The van der Waals surface area contributed by atoms with E-state index in [1.54, 1.807) is 0 Å². The van der Waals surface area contributed by atoms with Gasteiger partial charge in [-0.25, -0.2) is 4.79 Å². The summed E-state index contributed by atoms with van der Waals surface area (Å²) in [6, 6.07) is 0. The van der Waals surface area contributed by atoms with Gasteiger partial charge in [0, 0.05) is 6.54 Å². The molecule has 0 spiro atoms. The fraction of sp³-hybridized carbons (Fsp3) is 0.923. The van der Waals surface area contributed by atoms with Crippen LogP contribution in [0.25, 0.3) is 0 Å². The van der Waals surface area contributed by atoms with E-state index < -0.39 is 0 Å². The Morgan fingerprint density at radius 2 is 1.62 bits per heavy atom. The highest BCUT2D eigenvalue weighted by Gasteiger charge is 2.13. The molecule has 0 unspecified atom stereocenters. The molecule has 0 aromatic rings. The number of ether oxygens (including phenoxy) is 1. The summed E-state index contributed by atoms with van der Waals surface area (Å²) >= 11 is 0. The van der Waals surface area contributed by atoms with Gasteiger partial charge >= 0.3 is 6.09 Å². The largest absolute Gasteiger partial charge is 0.449 e. The van der Waals surface area contributed by atoms with Crippen molar-refractivity contribution in [3.8, 4) is 0 Å². The summed E-state index contributed by atoms with van der Waals surface area (Å²) in [7, 11) is 0. The number of rotatable bonds is 4. The molecule has 0 saturated heterocycles. The van der Waals surface area contributed by atoms with Crippen molar-refractivity contribution in [1.82, 2.24) is 5.32 Å². The van der Waals surface area contributed by atoms with Gasteiger partial charge in [-0.2, -0.15) is 0 Å². The third-order valence-corrected chi connectivity index (χ3v) is 2.01. The molecule has 0 aliphatic carbocycles. The van der Waals surface area contributed by atoms with E-state index in [9.17, 15) is 4.79 Å². The van der Waals surface area contributed by atoms with E-state index in [1.165, 1.54) is 0 Å². The highest BCUT2D eigenvalue weighted by atomic mass is 16.5. The first-order valence-electron chi connectivity index (χ1n) is 6.01. The molecule has 1 amide bonds. The summed E-state index contributed by atoms with van der Waals surface area (Å²) in [4.78, 5) is 11.3. The van der Waals surface area contributed by atoms with Crippen LogP contribution < -0.4 is 5.32 Å². The van der Waals surface area contributed by atoms with E-state index in [0.717, 1.165) is 12.8 Å². The Morgan fingerprint density at radius 3 is 2.06 bits per heavy atom. The van der Waals surface area contributed by atoms with Crippen LogP contribution in [0.15, 0.2) is 0 Å². The van der Waals surface area contributed by atoms with Crippen molar-refractivity contribution in [2.45, 2.75) is 54.4 Å². The molecular weight excluding hydrogens is 202 g/mol.